The highest BCUT2D eigenvalue weighted by Crippen LogP contribution is 2.16. The van der Waals surface area contributed by atoms with E-state index in [1.165, 1.54) is 0 Å². The highest BCUT2D eigenvalue weighted by molar-refractivity contribution is 9.10. The lowest BCUT2D eigenvalue weighted by Crippen LogP contribution is -2.32. The number of benzene rings is 1. The fourth-order valence-electron chi connectivity index (χ4n) is 1.97. The Morgan fingerprint density at radius 1 is 1.23 bits per heavy atom. The van der Waals surface area contributed by atoms with Gasteiger partial charge in [-0.05, 0) is 38.2 Å². The lowest BCUT2D eigenvalue weighted by molar-refractivity contribution is -0.122. The molecule has 5 nitrogen and oxygen atoms in total. The largest absolute Gasteiger partial charge is 0.355 e. The van der Waals surface area contributed by atoms with Crippen LogP contribution in [0.4, 0.5) is 5.69 Å². The van der Waals surface area contributed by atoms with Crippen molar-refractivity contribution in [2.45, 2.75) is 19.8 Å². The Labute approximate surface area is 140 Å². The van der Waals surface area contributed by atoms with Gasteiger partial charge in [-0.1, -0.05) is 28.9 Å². The molecular weight excluding hydrogens is 346 g/mol. The zero-order valence-corrected chi connectivity index (χ0v) is 14.9. The molecule has 0 fully saturated rings. The van der Waals surface area contributed by atoms with Crippen molar-refractivity contribution in [3.8, 4) is 0 Å². The zero-order chi connectivity index (χ0) is 16.5. The number of nitrogens with one attached hydrogen (secondary N) is 2. The number of anilines is 1. The van der Waals surface area contributed by atoms with Gasteiger partial charge in [0.05, 0.1) is 0 Å². The van der Waals surface area contributed by atoms with Crippen molar-refractivity contribution in [3.63, 3.8) is 0 Å². The van der Waals surface area contributed by atoms with E-state index in [4.69, 9.17) is 0 Å². The van der Waals surface area contributed by atoms with Gasteiger partial charge in [0.2, 0.25) is 11.8 Å². The number of amides is 2. The predicted octanol–water partition coefficient (Wildman–Crippen LogP) is 2.48. The summed E-state index contributed by atoms with van der Waals surface area (Å²) in [4.78, 5) is 25.7. The van der Waals surface area contributed by atoms with Gasteiger partial charge in [0.25, 0.3) is 0 Å². The summed E-state index contributed by atoms with van der Waals surface area (Å²) in [5.74, 6) is -0.0807. The first-order chi connectivity index (χ1) is 10.4. The third-order valence-electron chi connectivity index (χ3n) is 3.06. The molecule has 0 unspecified atom stereocenters. The minimum Gasteiger partial charge on any atom is -0.355 e. The molecule has 0 heterocycles. The van der Waals surface area contributed by atoms with Crippen molar-refractivity contribution in [1.29, 1.82) is 0 Å². The van der Waals surface area contributed by atoms with E-state index < -0.39 is 0 Å². The maximum absolute atomic E-state index is 12.0. The van der Waals surface area contributed by atoms with E-state index in [9.17, 15) is 9.59 Å². The average Bonchev–Trinajstić information content (AvgIpc) is 2.37. The molecule has 0 saturated heterocycles. The number of halogens is 1. The third kappa shape index (κ3) is 8.14. The minimum absolute atomic E-state index is 0.00603. The molecule has 2 N–H and O–H groups in total. The van der Waals surface area contributed by atoms with Gasteiger partial charge in [0.15, 0.2) is 0 Å². The van der Waals surface area contributed by atoms with Gasteiger partial charge in [0.1, 0.15) is 0 Å². The molecule has 1 rings (SSSR count). The fraction of sp³-hybridized carbons (Fsp3) is 0.500. The van der Waals surface area contributed by atoms with E-state index in [2.05, 4.69) is 26.6 Å². The van der Waals surface area contributed by atoms with Crippen LogP contribution in [-0.4, -0.2) is 43.9 Å². The van der Waals surface area contributed by atoms with Gasteiger partial charge >= 0.3 is 0 Å². The SMILES string of the molecule is C[C@H](CC(=O)NCCN(C)C)CC(=O)Nc1cccc(Br)c1. The normalized spacial score (nSPS) is 12.0. The molecule has 22 heavy (non-hydrogen) atoms. The van der Waals surface area contributed by atoms with Crippen LogP contribution in [0.3, 0.4) is 0 Å². The number of likely N-dealkylation sites (N-methyl/N-ethyl adjacent to an activating group) is 1. The average molecular weight is 370 g/mol. The first-order valence-corrected chi connectivity index (χ1v) is 8.13. The van der Waals surface area contributed by atoms with Crippen LogP contribution in [0, 0.1) is 5.92 Å². The molecule has 0 aliphatic carbocycles. The molecule has 6 heteroatoms. The van der Waals surface area contributed by atoms with Gasteiger partial charge in [-0.15, -0.1) is 0 Å². The van der Waals surface area contributed by atoms with Crippen molar-refractivity contribution in [2.24, 2.45) is 5.92 Å². The highest BCUT2D eigenvalue weighted by Gasteiger charge is 2.13. The maximum atomic E-state index is 12.0. The lowest BCUT2D eigenvalue weighted by atomic mass is 10.0. The molecule has 0 aromatic heterocycles. The molecular formula is C16H24BrN3O2. The van der Waals surface area contributed by atoms with Crippen molar-refractivity contribution in [2.75, 3.05) is 32.5 Å². The van der Waals surface area contributed by atoms with Crippen molar-refractivity contribution < 1.29 is 9.59 Å². The monoisotopic (exact) mass is 369 g/mol. The van der Waals surface area contributed by atoms with Crippen molar-refractivity contribution in [3.05, 3.63) is 28.7 Å². The lowest BCUT2D eigenvalue weighted by Gasteiger charge is -2.13. The number of nitrogens with zero attached hydrogens (tertiary/aromatic N) is 1. The van der Waals surface area contributed by atoms with Crippen molar-refractivity contribution in [1.82, 2.24) is 10.2 Å². The number of carbonyl (C=O) groups excluding carboxylic acids is 2. The zero-order valence-electron chi connectivity index (χ0n) is 13.4. The molecule has 0 bridgehead atoms. The predicted molar refractivity (Wildman–Crippen MR) is 92.7 cm³/mol. The summed E-state index contributed by atoms with van der Waals surface area (Å²) < 4.78 is 0.915. The second-order valence-corrected chi connectivity index (χ2v) is 6.64. The van der Waals surface area contributed by atoms with Crippen molar-refractivity contribution >= 4 is 33.4 Å². The first kappa shape index (κ1) is 18.6. The van der Waals surface area contributed by atoms with E-state index in [0.717, 1.165) is 16.7 Å². The quantitative estimate of drug-likeness (QED) is 0.739. The smallest absolute Gasteiger partial charge is 0.224 e. The Balaban J connectivity index is 2.30. The molecule has 2 amide bonds. The molecule has 0 spiro atoms. The topological polar surface area (TPSA) is 61.4 Å². The van der Waals surface area contributed by atoms with Crippen LogP contribution in [0.1, 0.15) is 19.8 Å². The molecule has 0 saturated carbocycles. The van der Waals surface area contributed by atoms with E-state index in [1.54, 1.807) is 0 Å². The minimum atomic E-state index is -0.0771. The van der Waals surface area contributed by atoms with Crippen LogP contribution in [-0.2, 0) is 9.59 Å². The molecule has 0 aliphatic rings. The fourth-order valence-corrected chi connectivity index (χ4v) is 2.37. The Bertz CT molecular complexity index is 506. The van der Waals surface area contributed by atoms with Crippen LogP contribution >= 0.6 is 15.9 Å². The summed E-state index contributed by atoms with van der Waals surface area (Å²) in [6.07, 6.45) is 0.687. The third-order valence-corrected chi connectivity index (χ3v) is 3.55. The number of carbonyl (C=O) groups is 2. The highest BCUT2D eigenvalue weighted by atomic mass is 79.9. The first-order valence-electron chi connectivity index (χ1n) is 7.33. The van der Waals surface area contributed by atoms with E-state index in [0.29, 0.717) is 19.4 Å². The Morgan fingerprint density at radius 2 is 1.91 bits per heavy atom. The van der Waals surface area contributed by atoms with Crippen LogP contribution in [0.2, 0.25) is 0 Å². The summed E-state index contributed by atoms with van der Waals surface area (Å²) in [5, 5.41) is 5.69. The second kappa shape index (κ2) is 9.58. The van der Waals surface area contributed by atoms with Crippen LogP contribution in [0.5, 0.6) is 0 Å². The maximum Gasteiger partial charge on any atom is 0.224 e. The molecule has 122 valence electrons. The van der Waals surface area contributed by atoms with E-state index in [-0.39, 0.29) is 17.7 Å². The van der Waals surface area contributed by atoms with Gasteiger partial charge in [0, 0.05) is 36.1 Å². The molecule has 1 atom stereocenters. The van der Waals surface area contributed by atoms with E-state index in [1.807, 2.05) is 50.2 Å². The summed E-state index contributed by atoms with van der Waals surface area (Å²) in [7, 11) is 3.92. The Morgan fingerprint density at radius 3 is 2.55 bits per heavy atom. The van der Waals surface area contributed by atoms with Crippen LogP contribution in [0.25, 0.3) is 0 Å². The molecule has 0 aliphatic heterocycles. The summed E-state index contributed by atoms with van der Waals surface area (Å²) in [6, 6.07) is 7.44. The van der Waals surface area contributed by atoms with Gasteiger partial charge in [-0.3, -0.25) is 9.59 Å². The number of rotatable bonds is 8. The second-order valence-electron chi connectivity index (χ2n) is 5.73. The summed E-state index contributed by atoms with van der Waals surface area (Å²) in [6.45, 7) is 3.35. The molecule has 1 aromatic carbocycles. The van der Waals surface area contributed by atoms with Gasteiger partial charge < -0.3 is 15.5 Å². The standard InChI is InChI=1S/C16H24BrN3O2/c1-12(9-15(21)18-7-8-20(2)3)10-16(22)19-14-6-4-5-13(17)11-14/h4-6,11-12H,7-10H2,1-3H3,(H,18,21)(H,19,22)/t12-/m1/s1. The Kier molecular flexibility index (Phi) is 8.12. The number of hydrogen-bond donors (Lipinski definition) is 2. The van der Waals surface area contributed by atoms with E-state index >= 15 is 0 Å². The van der Waals surface area contributed by atoms with Crippen LogP contribution in [0.15, 0.2) is 28.7 Å². The van der Waals surface area contributed by atoms with Gasteiger partial charge in [-0.25, -0.2) is 0 Å². The van der Waals surface area contributed by atoms with Gasteiger partial charge in [-0.2, -0.15) is 0 Å². The number of hydrogen-bond acceptors (Lipinski definition) is 3. The molecule has 1 aromatic rings. The molecule has 0 radical (unpaired) electrons. The summed E-state index contributed by atoms with van der Waals surface area (Å²) in [5.41, 5.74) is 0.752. The van der Waals surface area contributed by atoms with Crippen LogP contribution < -0.4 is 10.6 Å². The Hall–Kier alpha value is -1.40. The summed E-state index contributed by atoms with van der Waals surface area (Å²) >= 11 is 3.36.